The molecule has 110 valence electrons. The normalized spacial score (nSPS) is 14.4. The van der Waals surface area contributed by atoms with Gasteiger partial charge in [-0.1, -0.05) is 13.8 Å². The van der Waals surface area contributed by atoms with Crippen LogP contribution in [0.3, 0.4) is 0 Å². The molecule has 0 bridgehead atoms. The first-order valence-corrected chi connectivity index (χ1v) is 7.69. The van der Waals surface area contributed by atoms with Gasteiger partial charge in [0.25, 0.3) is 5.91 Å². The monoisotopic (exact) mass is 295 g/mol. The first kappa shape index (κ1) is 14.8. The third-order valence-electron chi connectivity index (χ3n) is 3.40. The molecule has 0 aliphatic heterocycles. The number of amides is 1. The van der Waals surface area contributed by atoms with E-state index >= 15 is 0 Å². The van der Waals surface area contributed by atoms with Crippen LogP contribution in [0.1, 0.15) is 46.7 Å². The van der Waals surface area contributed by atoms with Crippen LogP contribution in [0.15, 0.2) is 0 Å². The van der Waals surface area contributed by atoms with Gasteiger partial charge < -0.3 is 16.4 Å². The van der Waals surface area contributed by atoms with E-state index in [1.807, 2.05) is 13.8 Å². The van der Waals surface area contributed by atoms with E-state index in [1.165, 1.54) is 24.2 Å². The molecule has 1 amide bonds. The number of anilines is 2. The quantitative estimate of drug-likeness (QED) is 0.703. The van der Waals surface area contributed by atoms with Crippen molar-refractivity contribution in [1.29, 1.82) is 0 Å². The number of nitrogens with one attached hydrogen (secondary N) is 2. The van der Waals surface area contributed by atoms with Crippen LogP contribution in [-0.4, -0.2) is 25.3 Å². The highest BCUT2D eigenvalue weighted by molar-refractivity contribution is 7.19. The summed E-state index contributed by atoms with van der Waals surface area (Å²) in [6.07, 6.45) is 2.45. The van der Waals surface area contributed by atoms with Gasteiger partial charge in [0.05, 0.1) is 16.1 Å². The van der Waals surface area contributed by atoms with Gasteiger partial charge in [-0.25, -0.2) is 0 Å². The number of nitrogen functional groups attached to an aromatic ring is 1. The van der Waals surface area contributed by atoms with E-state index in [2.05, 4.69) is 10.6 Å². The SMILES string of the molecule is CNC(=O)c1c(NCC2CC2)sc(C(=O)C(C)C)c1N. The van der Waals surface area contributed by atoms with Crippen molar-refractivity contribution in [3.05, 3.63) is 10.4 Å². The van der Waals surface area contributed by atoms with Crippen LogP contribution in [-0.2, 0) is 0 Å². The predicted octanol–water partition coefficient (Wildman–Crippen LogP) is 2.35. The molecule has 1 aliphatic rings. The highest BCUT2D eigenvalue weighted by Crippen LogP contribution is 2.38. The molecule has 0 atom stereocenters. The van der Waals surface area contributed by atoms with E-state index in [0.29, 0.717) is 27.0 Å². The van der Waals surface area contributed by atoms with Crippen LogP contribution >= 0.6 is 11.3 Å². The summed E-state index contributed by atoms with van der Waals surface area (Å²) in [6.45, 7) is 4.50. The van der Waals surface area contributed by atoms with Crippen molar-refractivity contribution >= 4 is 33.7 Å². The predicted molar refractivity (Wildman–Crippen MR) is 82.5 cm³/mol. The molecule has 0 radical (unpaired) electrons. The minimum absolute atomic E-state index is 0.0166. The van der Waals surface area contributed by atoms with E-state index in [0.717, 1.165) is 6.54 Å². The van der Waals surface area contributed by atoms with Crippen molar-refractivity contribution in [2.75, 3.05) is 24.6 Å². The molecule has 6 heteroatoms. The maximum absolute atomic E-state index is 12.2. The molecule has 1 aromatic rings. The summed E-state index contributed by atoms with van der Waals surface area (Å²) >= 11 is 1.29. The fraction of sp³-hybridized carbons (Fsp3) is 0.571. The summed E-state index contributed by atoms with van der Waals surface area (Å²) < 4.78 is 0. The van der Waals surface area contributed by atoms with Crippen LogP contribution in [0.25, 0.3) is 0 Å². The highest BCUT2D eigenvalue weighted by atomic mass is 32.1. The van der Waals surface area contributed by atoms with Crippen molar-refractivity contribution in [3.8, 4) is 0 Å². The maximum Gasteiger partial charge on any atom is 0.256 e. The summed E-state index contributed by atoms with van der Waals surface area (Å²) in [4.78, 5) is 24.6. The van der Waals surface area contributed by atoms with Gasteiger partial charge in [0, 0.05) is 19.5 Å². The fourth-order valence-electron chi connectivity index (χ4n) is 1.92. The zero-order chi connectivity index (χ0) is 14.9. The summed E-state index contributed by atoms with van der Waals surface area (Å²) in [7, 11) is 1.56. The molecule has 2 rings (SSSR count). The van der Waals surface area contributed by atoms with Crippen molar-refractivity contribution in [2.45, 2.75) is 26.7 Å². The number of carbonyl (C=O) groups is 2. The fourth-order valence-corrected chi connectivity index (χ4v) is 3.14. The van der Waals surface area contributed by atoms with Crippen LogP contribution in [0.2, 0.25) is 0 Å². The molecular formula is C14H21N3O2S. The van der Waals surface area contributed by atoms with Gasteiger partial charge >= 0.3 is 0 Å². The third kappa shape index (κ3) is 2.95. The van der Waals surface area contributed by atoms with Crippen molar-refractivity contribution in [3.63, 3.8) is 0 Å². The lowest BCUT2D eigenvalue weighted by atomic mass is 10.1. The number of nitrogens with two attached hydrogens (primary N) is 1. The Morgan fingerprint density at radius 1 is 1.40 bits per heavy atom. The first-order valence-electron chi connectivity index (χ1n) is 6.88. The molecule has 1 fully saturated rings. The Labute approximate surface area is 122 Å². The summed E-state index contributed by atoms with van der Waals surface area (Å²) in [5.74, 6) is 0.280. The van der Waals surface area contributed by atoms with Crippen molar-refractivity contribution in [2.24, 2.45) is 11.8 Å². The minimum Gasteiger partial charge on any atom is -0.397 e. The van der Waals surface area contributed by atoms with Gasteiger partial charge in [0.1, 0.15) is 5.00 Å². The number of rotatable bonds is 6. The summed E-state index contributed by atoms with van der Waals surface area (Å²) in [5, 5.41) is 6.56. The topological polar surface area (TPSA) is 84.2 Å². The van der Waals surface area contributed by atoms with Crippen LogP contribution in [0.5, 0.6) is 0 Å². The molecular weight excluding hydrogens is 274 g/mol. The Kier molecular flexibility index (Phi) is 4.32. The molecule has 1 aromatic heterocycles. The lowest BCUT2D eigenvalue weighted by Crippen LogP contribution is -2.20. The van der Waals surface area contributed by atoms with Crippen LogP contribution in [0, 0.1) is 11.8 Å². The number of Topliss-reactive ketones (excluding diaryl/α,β-unsaturated/α-hetero) is 1. The van der Waals surface area contributed by atoms with Gasteiger partial charge in [-0.05, 0) is 18.8 Å². The Hall–Kier alpha value is -1.56. The lowest BCUT2D eigenvalue weighted by Gasteiger charge is -2.06. The average Bonchev–Trinajstić information content (AvgIpc) is 3.18. The number of carbonyl (C=O) groups excluding carboxylic acids is 2. The largest absolute Gasteiger partial charge is 0.397 e. The molecule has 5 nitrogen and oxygen atoms in total. The van der Waals surface area contributed by atoms with Crippen LogP contribution < -0.4 is 16.4 Å². The van der Waals surface area contributed by atoms with Crippen molar-refractivity contribution in [1.82, 2.24) is 5.32 Å². The highest BCUT2D eigenvalue weighted by Gasteiger charge is 2.27. The molecule has 0 unspecified atom stereocenters. The van der Waals surface area contributed by atoms with Gasteiger partial charge in [-0.3, -0.25) is 9.59 Å². The van der Waals surface area contributed by atoms with Crippen molar-refractivity contribution < 1.29 is 9.59 Å². The summed E-state index contributed by atoms with van der Waals surface area (Å²) in [5.41, 5.74) is 6.73. The standard InChI is InChI=1S/C14H21N3O2S/c1-7(2)11(18)12-10(15)9(13(19)16-3)14(20-12)17-6-8-4-5-8/h7-8,17H,4-6,15H2,1-3H3,(H,16,19). The molecule has 1 aliphatic carbocycles. The molecule has 20 heavy (non-hydrogen) atoms. The molecule has 0 aromatic carbocycles. The minimum atomic E-state index is -0.250. The first-order chi connectivity index (χ1) is 9.45. The summed E-state index contributed by atoms with van der Waals surface area (Å²) in [6, 6.07) is 0. The van der Waals surface area contributed by atoms with Crippen LogP contribution in [0.4, 0.5) is 10.7 Å². The molecule has 0 saturated heterocycles. The van der Waals surface area contributed by atoms with Gasteiger partial charge in [0.2, 0.25) is 0 Å². The second-order valence-corrected chi connectivity index (χ2v) is 6.49. The van der Waals surface area contributed by atoms with E-state index in [4.69, 9.17) is 5.73 Å². The second kappa shape index (κ2) is 5.83. The zero-order valence-electron chi connectivity index (χ0n) is 12.1. The smallest absolute Gasteiger partial charge is 0.256 e. The Balaban J connectivity index is 2.33. The van der Waals surface area contributed by atoms with Gasteiger partial charge in [-0.2, -0.15) is 0 Å². The number of hydrogen-bond donors (Lipinski definition) is 3. The van der Waals surface area contributed by atoms with E-state index in [9.17, 15) is 9.59 Å². The molecule has 0 spiro atoms. The van der Waals surface area contributed by atoms with E-state index in [1.54, 1.807) is 7.05 Å². The third-order valence-corrected chi connectivity index (χ3v) is 4.57. The Morgan fingerprint density at radius 2 is 2.05 bits per heavy atom. The van der Waals surface area contributed by atoms with Gasteiger partial charge in [-0.15, -0.1) is 11.3 Å². The van der Waals surface area contributed by atoms with Gasteiger partial charge in [0.15, 0.2) is 5.78 Å². The maximum atomic E-state index is 12.2. The second-order valence-electron chi connectivity index (χ2n) is 5.47. The number of hydrogen-bond acceptors (Lipinski definition) is 5. The molecule has 1 heterocycles. The Morgan fingerprint density at radius 3 is 2.55 bits per heavy atom. The average molecular weight is 295 g/mol. The Bertz CT molecular complexity index is 533. The zero-order valence-corrected chi connectivity index (χ0v) is 12.9. The molecule has 1 saturated carbocycles. The number of ketones is 1. The molecule has 4 N–H and O–H groups in total. The van der Waals surface area contributed by atoms with E-state index < -0.39 is 0 Å². The number of thiophene rings is 1. The lowest BCUT2D eigenvalue weighted by molar-refractivity contribution is 0.0944. The van der Waals surface area contributed by atoms with E-state index in [-0.39, 0.29) is 17.6 Å².